The van der Waals surface area contributed by atoms with Crippen molar-refractivity contribution >= 4 is 12.0 Å². The fourth-order valence-electron chi connectivity index (χ4n) is 4.30. The number of nitrogens with zero attached hydrogens (tertiary/aromatic N) is 4. The molecule has 2 amide bonds. The van der Waals surface area contributed by atoms with Gasteiger partial charge in [0.1, 0.15) is 17.2 Å². The molecule has 9 nitrogen and oxygen atoms in total. The van der Waals surface area contributed by atoms with Crippen LogP contribution >= 0.6 is 0 Å². The number of hydrogen-bond donors (Lipinski definition) is 1. The largest absolute Gasteiger partial charge is 0.444 e. The van der Waals surface area contributed by atoms with E-state index in [-0.39, 0.29) is 41.4 Å². The van der Waals surface area contributed by atoms with E-state index in [9.17, 15) is 14.0 Å². The molecule has 1 aliphatic rings. The predicted octanol–water partition coefficient (Wildman–Crippen LogP) is 4.65. The maximum atomic E-state index is 13.6. The Labute approximate surface area is 209 Å². The van der Waals surface area contributed by atoms with Gasteiger partial charge in [0.05, 0.1) is 0 Å². The SMILES string of the molecule is CC(C)NC(=O)c1ccn(-c2cc(C3CCN(C(=O)OC(C)(C)C)CC3c3ccc(F)cc3)on2)n1. The maximum Gasteiger partial charge on any atom is 0.410 e. The van der Waals surface area contributed by atoms with Gasteiger partial charge in [-0.15, -0.1) is 0 Å². The minimum Gasteiger partial charge on any atom is -0.444 e. The smallest absolute Gasteiger partial charge is 0.410 e. The summed E-state index contributed by atoms with van der Waals surface area (Å²) in [6.07, 6.45) is 1.88. The molecule has 192 valence electrons. The molecule has 0 spiro atoms. The van der Waals surface area contributed by atoms with E-state index in [4.69, 9.17) is 9.26 Å². The van der Waals surface area contributed by atoms with Crippen LogP contribution in [0.3, 0.4) is 0 Å². The van der Waals surface area contributed by atoms with Gasteiger partial charge in [-0.25, -0.2) is 13.9 Å². The first-order chi connectivity index (χ1) is 17.0. The number of aromatic nitrogens is 3. The monoisotopic (exact) mass is 497 g/mol. The molecule has 10 heteroatoms. The van der Waals surface area contributed by atoms with Gasteiger partial charge in [0, 0.05) is 43.2 Å². The number of rotatable bonds is 5. The number of carbonyl (C=O) groups is 2. The lowest BCUT2D eigenvalue weighted by atomic mass is 9.79. The molecule has 0 aliphatic carbocycles. The number of piperidine rings is 1. The minimum absolute atomic E-state index is 0.00348. The van der Waals surface area contributed by atoms with E-state index < -0.39 is 5.60 Å². The number of nitrogens with one attached hydrogen (secondary N) is 1. The molecule has 2 atom stereocenters. The molecule has 2 aromatic heterocycles. The zero-order chi connectivity index (χ0) is 26.0. The van der Waals surface area contributed by atoms with E-state index in [1.54, 1.807) is 35.4 Å². The molecular weight excluding hydrogens is 465 g/mol. The van der Waals surface area contributed by atoms with Gasteiger partial charge in [0.15, 0.2) is 11.5 Å². The van der Waals surface area contributed by atoms with E-state index in [0.29, 0.717) is 31.1 Å². The van der Waals surface area contributed by atoms with Crippen molar-refractivity contribution in [2.24, 2.45) is 0 Å². The first kappa shape index (κ1) is 25.4. The van der Waals surface area contributed by atoms with Crippen LogP contribution in [0.15, 0.2) is 47.1 Å². The molecule has 4 rings (SSSR count). The molecule has 2 unspecified atom stereocenters. The minimum atomic E-state index is -0.603. The Bertz CT molecular complexity index is 1210. The number of carbonyl (C=O) groups excluding carboxylic acids is 2. The summed E-state index contributed by atoms with van der Waals surface area (Å²) in [6.45, 7) is 10.1. The summed E-state index contributed by atoms with van der Waals surface area (Å²) in [6, 6.07) is 9.70. The highest BCUT2D eigenvalue weighted by Gasteiger charge is 2.37. The van der Waals surface area contributed by atoms with Crippen LogP contribution in [0.25, 0.3) is 5.82 Å². The Morgan fingerprint density at radius 2 is 1.89 bits per heavy atom. The van der Waals surface area contributed by atoms with Crippen LogP contribution < -0.4 is 5.32 Å². The topological polar surface area (TPSA) is 102 Å². The van der Waals surface area contributed by atoms with Gasteiger partial charge >= 0.3 is 6.09 Å². The standard InChI is InChI=1S/C26H32FN5O4/c1-16(2)28-24(33)21-11-13-32(29-21)23-14-22(36-30-23)19-10-12-31(25(34)35-26(3,4)5)15-20(19)17-6-8-18(27)9-7-17/h6-9,11,13-14,16,19-20H,10,12,15H2,1-5H3,(H,28,33). The first-order valence-corrected chi connectivity index (χ1v) is 12.1. The Morgan fingerprint density at radius 3 is 2.56 bits per heavy atom. The Balaban J connectivity index is 1.57. The molecular formula is C26H32FN5O4. The van der Waals surface area contributed by atoms with Crippen molar-refractivity contribution in [3.8, 4) is 5.82 Å². The van der Waals surface area contributed by atoms with Gasteiger partial charge in [-0.3, -0.25) is 4.79 Å². The summed E-state index contributed by atoms with van der Waals surface area (Å²) in [5, 5.41) is 11.3. The van der Waals surface area contributed by atoms with Crippen LogP contribution in [-0.4, -0.2) is 56.6 Å². The normalized spacial score (nSPS) is 18.4. The van der Waals surface area contributed by atoms with Gasteiger partial charge in [-0.2, -0.15) is 5.10 Å². The third-order valence-corrected chi connectivity index (χ3v) is 5.92. The van der Waals surface area contributed by atoms with Gasteiger partial charge in [-0.05, 0) is 64.8 Å². The highest BCUT2D eigenvalue weighted by atomic mass is 19.1. The second kappa shape index (κ2) is 10.1. The number of likely N-dealkylation sites (tertiary alicyclic amines) is 1. The lowest BCUT2D eigenvalue weighted by Crippen LogP contribution is -2.44. The molecule has 1 saturated heterocycles. The highest BCUT2D eigenvalue weighted by Crippen LogP contribution is 2.40. The average molecular weight is 498 g/mol. The summed E-state index contributed by atoms with van der Waals surface area (Å²) >= 11 is 0. The second-order valence-corrected chi connectivity index (χ2v) is 10.3. The van der Waals surface area contributed by atoms with Crippen molar-refractivity contribution in [1.29, 1.82) is 0 Å². The molecule has 1 fully saturated rings. The van der Waals surface area contributed by atoms with Crippen molar-refractivity contribution in [3.05, 3.63) is 65.4 Å². The number of hydrogen-bond acceptors (Lipinski definition) is 6. The summed E-state index contributed by atoms with van der Waals surface area (Å²) < 4.78 is 26.4. The van der Waals surface area contributed by atoms with Crippen molar-refractivity contribution in [3.63, 3.8) is 0 Å². The van der Waals surface area contributed by atoms with Crippen LogP contribution in [-0.2, 0) is 4.74 Å². The molecule has 3 aromatic rings. The fraction of sp³-hybridized carbons (Fsp3) is 0.462. The molecule has 1 aromatic carbocycles. The van der Waals surface area contributed by atoms with Crippen LogP contribution in [0.2, 0.25) is 0 Å². The Kier molecular flexibility index (Phi) is 7.14. The summed E-state index contributed by atoms with van der Waals surface area (Å²) in [4.78, 5) is 26.7. The fourth-order valence-corrected chi connectivity index (χ4v) is 4.30. The van der Waals surface area contributed by atoms with Crippen LogP contribution in [0.5, 0.6) is 0 Å². The second-order valence-electron chi connectivity index (χ2n) is 10.3. The lowest BCUT2D eigenvalue weighted by molar-refractivity contribution is 0.0176. The predicted molar refractivity (Wildman–Crippen MR) is 131 cm³/mol. The third kappa shape index (κ3) is 5.92. The molecule has 0 saturated carbocycles. The van der Waals surface area contributed by atoms with Crippen molar-refractivity contribution < 1.29 is 23.2 Å². The van der Waals surface area contributed by atoms with Crippen molar-refractivity contribution in [2.75, 3.05) is 13.1 Å². The summed E-state index contributed by atoms with van der Waals surface area (Å²) in [7, 11) is 0. The quantitative estimate of drug-likeness (QED) is 0.551. The van der Waals surface area contributed by atoms with Crippen LogP contribution in [0.4, 0.5) is 9.18 Å². The molecule has 36 heavy (non-hydrogen) atoms. The van der Waals surface area contributed by atoms with E-state index >= 15 is 0 Å². The van der Waals surface area contributed by atoms with Crippen LogP contribution in [0, 0.1) is 5.82 Å². The average Bonchev–Trinajstić information content (AvgIpc) is 3.48. The maximum absolute atomic E-state index is 13.6. The number of benzene rings is 1. The van der Waals surface area contributed by atoms with E-state index in [1.165, 1.54) is 16.8 Å². The zero-order valence-corrected chi connectivity index (χ0v) is 21.2. The van der Waals surface area contributed by atoms with Gasteiger partial charge in [0.2, 0.25) is 0 Å². The number of amides is 2. The van der Waals surface area contributed by atoms with Crippen molar-refractivity contribution in [2.45, 2.75) is 64.5 Å². The number of halogens is 1. The van der Waals surface area contributed by atoms with Crippen molar-refractivity contribution in [1.82, 2.24) is 25.2 Å². The van der Waals surface area contributed by atoms with E-state index in [0.717, 1.165) is 5.56 Å². The number of ether oxygens (including phenoxy) is 1. The highest BCUT2D eigenvalue weighted by molar-refractivity contribution is 5.92. The lowest BCUT2D eigenvalue weighted by Gasteiger charge is -2.38. The molecule has 0 radical (unpaired) electrons. The van der Waals surface area contributed by atoms with E-state index in [1.807, 2.05) is 34.6 Å². The molecule has 0 bridgehead atoms. The zero-order valence-electron chi connectivity index (χ0n) is 21.2. The summed E-state index contributed by atoms with van der Waals surface area (Å²) in [5.74, 6) is 0.228. The summed E-state index contributed by atoms with van der Waals surface area (Å²) in [5.41, 5.74) is 0.566. The first-order valence-electron chi connectivity index (χ1n) is 12.1. The molecule has 3 heterocycles. The molecule has 1 N–H and O–H groups in total. The van der Waals surface area contributed by atoms with Crippen LogP contribution in [0.1, 0.15) is 74.7 Å². The third-order valence-electron chi connectivity index (χ3n) is 5.92. The Morgan fingerprint density at radius 1 is 1.17 bits per heavy atom. The van der Waals surface area contributed by atoms with Gasteiger partial charge in [0.25, 0.3) is 5.91 Å². The molecule has 1 aliphatic heterocycles. The van der Waals surface area contributed by atoms with Gasteiger partial charge in [-0.1, -0.05) is 17.3 Å². The van der Waals surface area contributed by atoms with E-state index in [2.05, 4.69) is 15.6 Å². The van der Waals surface area contributed by atoms with Gasteiger partial charge < -0.3 is 19.5 Å². The Hall–Kier alpha value is -3.69.